The van der Waals surface area contributed by atoms with Crippen molar-refractivity contribution in [1.82, 2.24) is 10.6 Å². The zero-order valence-corrected chi connectivity index (χ0v) is 15.7. The minimum absolute atomic E-state index is 0.232. The van der Waals surface area contributed by atoms with Crippen LogP contribution in [0.3, 0.4) is 0 Å². The Morgan fingerprint density at radius 1 is 1.38 bits per heavy atom. The largest absolute Gasteiger partial charge is 0.493 e. The molecule has 2 aromatic rings. The molecular formula is C17H19BrN2O3S. The van der Waals surface area contributed by atoms with Crippen LogP contribution in [0.4, 0.5) is 0 Å². The number of benzene rings is 1. The zero-order valence-electron chi connectivity index (χ0n) is 13.3. The second-order valence-electron chi connectivity index (χ2n) is 5.06. The van der Waals surface area contributed by atoms with Crippen LogP contribution >= 0.6 is 28.1 Å². The van der Waals surface area contributed by atoms with Crippen molar-refractivity contribution in [3.8, 4) is 5.75 Å². The lowest BCUT2D eigenvalue weighted by Gasteiger charge is -2.13. The smallest absolute Gasteiger partial charge is 0.261 e. The Balaban J connectivity index is 1.97. The number of hydrogen-bond donors (Lipinski definition) is 2. The van der Waals surface area contributed by atoms with E-state index in [-0.39, 0.29) is 11.0 Å². The Kier molecular flexibility index (Phi) is 7.27. The minimum atomic E-state index is -0.320. The lowest BCUT2D eigenvalue weighted by atomic mass is 10.2. The first-order chi connectivity index (χ1) is 11.6. The molecule has 0 atom stereocenters. The average molecular weight is 411 g/mol. The Bertz CT molecular complexity index is 689. The molecule has 1 amide bonds. The number of carbonyl (C=O) groups is 1. The van der Waals surface area contributed by atoms with Gasteiger partial charge in [-0.15, -0.1) is 0 Å². The summed E-state index contributed by atoms with van der Waals surface area (Å²) in [7, 11) is 0. The van der Waals surface area contributed by atoms with Gasteiger partial charge in [0.25, 0.3) is 5.91 Å². The van der Waals surface area contributed by atoms with Crippen LogP contribution in [-0.2, 0) is 6.54 Å². The van der Waals surface area contributed by atoms with Crippen LogP contribution < -0.4 is 15.4 Å². The topological polar surface area (TPSA) is 63.5 Å². The highest BCUT2D eigenvalue weighted by Crippen LogP contribution is 2.23. The number of rotatable bonds is 7. The molecule has 1 aromatic heterocycles. The third kappa shape index (κ3) is 5.65. The van der Waals surface area contributed by atoms with Crippen LogP contribution in [0.15, 0.2) is 45.5 Å². The number of hydrogen-bond acceptors (Lipinski definition) is 4. The van der Waals surface area contributed by atoms with Crippen LogP contribution in [0.2, 0.25) is 0 Å². The summed E-state index contributed by atoms with van der Waals surface area (Å²) in [5, 5.41) is 5.81. The highest BCUT2D eigenvalue weighted by Gasteiger charge is 2.15. The third-order valence-corrected chi connectivity index (χ3v) is 3.91. The molecule has 2 rings (SSSR count). The lowest BCUT2D eigenvalue weighted by Crippen LogP contribution is -2.39. The van der Waals surface area contributed by atoms with Crippen molar-refractivity contribution in [2.75, 3.05) is 6.61 Å². The van der Waals surface area contributed by atoms with Gasteiger partial charge in [0, 0.05) is 4.47 Å². The van der Waals surface area contributed by atoms with Crippen LogP contribution in [0.5, 0.6) is 5.75 Å². The first-order valence-corrected chi connectivity index (χ1v) is 8.84. The summed E-state index contributed by atoms with van der Waals surface area (Å²) < 4.78 is 11.7. The quantitative estimate of drug-likeness (QED) is 0.532. The predicted molar refractivity (Wildman–Crippen MR) is 100 cm³/mol. The Labute approximate surface area is 154 Å². The monoisotopic (exact) mass is 410 g/mol. The molecule has 128 valence electrons. The molecule has 0 spiro atoms. The summed E-state index contributed by atoms with van der Waals surface area (Å²) >= 11 is 8.52. The van der Waals surface area contributed by atoms with Crippen LogP contribution in [0.1, 0.15) is 35.9 Å². The molecular weight excluding hydrogens is 392 g/mol. The molecule has 5 nitrogen and oxygen atoms in total. The van der Waals surface area contributed by atoms with E-state index in [2.05, 4.69) is 33.5 Å². The molecule has 24 heavy (non-hydrogen) atoms. The number of unbranched alkanes of at least 4 members (excludes halogenated alkanes) is 1. The second kappa shape index (κ2) is 9.44. The first kappa shape index (κ1) is 18.5. The number of furan rings is 1. The maximum Gasteiger partial charge on any atom is 0.261 e. The Morgan fingerprint density at radius 3 is 2.92 bits per heavy atom. The van der Waals surface area contributed by atoms with E-state index in [1.165, 1.54) is 0 Å². The van der Waals surface area contributed by atoms with E-state index in [9.17, 15) is 4.79 Å². The molecule has 0 aliphatic rings. The van der Waals surface area contributed by atoms with Gasteiger partial charge in [-0.25, -0.2) is 0 Å². The van der Waals surface area contributed by atoms with Gasteiger partial charge in [0.05, 0.1) is 25.0 Å². The summed E-state index contributed by atoms with van der Waals surface area (Å²) in [5.41, 5.74) is 0.433. The van der Waals surface area contributed by atoms with E-state index < -0.39 is 0 Å². The van der Waals surface area contributed by atoms with Gasteiger partial charge >= 0.3 is 0 Å². The summed E-state index contributed by atoms with van der Waals surface area (Å²) in [6.45, 7) is 3.06. The lowest BCUT2D eigenvalue weighted by molar-refractivity contribution is 0.0972. The van der Waals surface area contributed by atoms with Gasteiger partial charge in [0.1, 0.15) is 11.5 Å². The minimum Gasteiger partial charge on any atom is -0.493 e. The number of ether oxygens (including phenoxy) is 1. The molecule has 0 radical (unpaired) electrons. The van der Waals surface area contributed by atoms with Gasteiger partial charge in [0.15, 0.2) is 5.11 Å². The summed E-state index contributed by atoms with van der Waals surface area (Å²) in [5.74, 6) is 0.954. The van der Waals surface area contributed by atoms with E-state index >= 15 is 0 Å². The standard InChI is InChI=1S/C17H19BrN2O3S/c1-2-3-8-23-15-7-6-12(18)10-14(15)16(21)20-17(24)19-11-13-5-4-9-22-13/h4-7,9-10H,2-3,8,11H2,1H3,(H2,19,20,21,24). The molecule has 1 aromatic carbocycles. The molecule has 2 N–H and O–H groups in total. The number of carbonyl (C=O) groups excluding carboxylic acids is 1. The first-order valence-electron chi connectivity index (χ1n) is 7.64. The number of thiocarbonyl (C=S) groups is 1. The van der Waals surface area contributed by atoms with Crippen molar-refractivity contribution in [1.29, 1.82) is 0 Å². The van der Waals surface area contributed by atoms with Crippen LogP contribution in [0.25, 0.3) is 0 Å². The van der Waals surface area contributed by atoms with Gasteiger partial charge in [0.2, 0.25) is 0 Å². The van der Waals surface area contributed by atoms with Gasteiger partial charge in [-0.1, -0.05) is 29.3 Å². The SMILES string of the molecule is CCCCOc1ccc(Br)cc1C(=O)NC(=S)NCc1ccco1. The van der Waals surface area contributed by atoms with Crippen molar-refractivity contribution in [2.24, 2.45) is 0 Å². The van der Waals surface area contributed by atoms with Crippen molar-refractivity contribution in [3.05, 3.63) is 52.4 Å². The number of halogens is 1. The zero-order chi connectivity index (χ0) is 17.4. The molecule has 0 saturated heterocycles. The van der Waals surface area contributed by atoms with Gasteiger partial charge in [-0.3, -0.25) is 10.1 Å². The molecule has 0 fully saturated rings. The number of nitrogens with one attached hydrogen (secondary N) is 2. The van der Waals surface area contributed by atoms with Crippen molar-refractivity contribution >= 4 is 39.2 Å². The second-order valence-corrected chi connectivity index (χ2v) is 6.38. The van der Waals surface area contributed by atoms with E-state index in [4.69, 9.17) is 21.4 Å². The Morgan fingerprint density at radius 2 is 2.21 bits per heavy atom. The highest BCUT2D eigenvalue weighted by atomic mass is 79.9. The van der Waals surface area contributed by atoms with Gasteiger partial charge in [-0.05, 0) is 49.0 Å². The fraction of sp³-hybridized carbons (Fsp3) is 0.294. The maximum absolute atomic E-state index is 12.5. The van der Waals surface area contributed by atoms with E-state index in [1.54, 1.807) is 24.5 Å². The fourth-order valence-corrected chi connectivity index (χ4v) is 2.45. The summed E-state index contributed by atoms with van der Waals surface area (Å²) in [6, 6.07) is 8.94. The van der Waals surface area contributed by atoms with E-state index in [1.807, 2.05) is 12.1 Å². The van der Waals surface area contributed by atoms with Crippen molar-refractivity contribution in [2.45, 2.75) is 26.3 Å². The molecule has 0 aliphatic heterocycles. The average Bonchev–Trinajstić information content (AvgIpc) is 3.08. The fourth-order valence-electron chi connectivity index (χ4n) is 1.93. The third-order valence-electron chi connectivity index (χ3n) is 3.17. The van der Waals surface area contributed by atoms with E-state index in [0.29, 0.717) is 24.5 Å². The summed E-state index contributed by atoms with van der Waals surface area (Å²) in [6.07, 6.45) is 3.54. The van der Waals surface area contributed by atoms with Crippen LogP contribution in [0, 0.1) is 0 Å². The molecule has 7 heteroatoms. The predicted octanol–water partition coefficient (Wildman–Crippen LogP) is 4.03. The molecule has 0 saturated carbocycles. The maximum atomic E-state index is 12.5. The van der Waals surface area contributed by atoms with Gasteiger partial charge in [-0.2, -0.15) is 0 Å². The molecule has 0 bridgehead atoms. The van der Waals surface area contributed by atoms with E-state index in [0.717, 1.165) is 23.1 Å². The van der Waals surface area contributed by atoms with Gasteiger partial charge < -0.3 is 14.5 Å². The van der Waals surface area contributed by atoms with Crippen molar-refractivity contribution in [3.63, 3.8) is 0 Å². The molecule has 0 unspecified atom stereocenters. The van der Waals surface area contributed by atoms with Crippen molar-refractivity contribution < 1.29 is 13.9 Å². The molecule has 0 aliphatic carbocycles. The normalized spacial score (nSPS) is 10.2. The molecule has 1 heterocycles. The Hall–Kier alpha value is -1.86. The highest BCUT2D eigenvalue weighted by molar-refractivity contribution is 9.10. The van der Waals surface area contributed by atoms with Crippen LogP contribution in [-0.4, -0.2) is 17.6 Å². The number of amides is 1. The summed E-state index contributed by atoms with van der Waals surface area (Å²) in [4.78, 5) is 12.5.